The van der Waals surface area contributed by atoms with E-state index in [9.17, 15) is 18.5 Å². The van der Waals surface area contributed by atoms with E-state index in [1.54, 1.807) is 23.5 Å². The SMILES string of the molecule is CC(C)C[C@@H](C(N)=O)N(C(c1ccc(-c2ccc(S(N)(=O)=O)cc2)cc1)c1ccsc1)C1(C#N)CC1. The minimum absolute atomic E-state index is 0.0601. The molecule has 4 rings (SSSR count). The van der Waals surface area contributed by atoms with Crippen LogP contribution in [0.3, 0.4) is 0 Å². The van der Waals surface area contributed by atoms with Crippen LogP contribution in [0.5, 0.6) is 0 Å². The van der Waals surface area contributed by atoms with E-state index in [0.717, 1.165) is 22.3 Å². The Kier molecular flexibility index (Phi) is 7.34. The van der Waals surface area contributed by atoms with Crippen molar-refractivity contribution < 1.29 is 13.2 Å². The van der Waals surface area contributed by atoms with Crippen molar-refractivity contribution in [3.05, 3.63) is 76.5 Å². The van der Waals surface area contributed by atoms with E-state index in [-0.39, 0.29) is 16.9 Å². The van der Waals surface area contributed by atoms with Gasteiger partial charge in [0, 0.05) is 0 Å². The topological polar surface area (TPSA) is 130 Å². The fraction of sp³-hybridized carbons (Fsp3) is 0.333. The highest BCUT2D eigenvalue weighted by atomic mass is 32.2. The van der Waals surface area contributed by atoms with E-state index >= 15 is 0 Å². The molecule has 1 saturated carbocycles. The summed E-state index contributed by atoms with van der Waals surface area (Å²) in [5.41, 5.74) is 8.93. The normalized spacial score (nSPS) is 16.4. The zero-order chi connectivity index (χ0) is 26.1. The molecule has 1 aliphatic rings. The number of thiophene rings is 1. The quantitative estimate of drug-likeness (QED) is 0.407. The second-order valence-electron chi connectivity index (χ2n) is 9.75. The lowest BCUT2D eigenvalue weighted by Gasteiger charge is -2.41. The Hall–Kier alpha value is -3.03. The molecule has 1 heterocycles. The van der Waals surface area contributed by atoms with Crippen molar-refractivity contribution in [3.8, 4) is 17.2 Å². The van der Waals surface area contributed by atoms with Gasteiger partial charge in [-0.25, -0.2) is 13.6 Å². The molecule has 1 aromatic heterocycles. The highest BCUT2D eigenvalue weighted by Crippen LogP contribution is 2.49. The van der Waals surface area contributed by atoms with Crippen LogP contribution in [0, 0.1) is 17.2 Å². The number of hydrogen-bond acceptors (Lipinski definition) is 6. The zero-order valence-electron chi connectivity index (χ0n) is 20.3. The number of benzene rings is 2. The fourth-order valence-electron chi connectivity index (χ4n) is 4.72. The number of nitrogens with two attached hydrogens (primary N) is 2. The van der Waals surface area contributed by atoms with Gasteiger partial charge in [-0.2, -0.15) is 16.6 Å². The van der Waals surface area contributed by atoms with Gasteiger partial charge in [-0.1, -0.05) is 50.2 Å². The molecule has 36 heavy (non-hydrogen) atoms. The van der Waals surface area contributed by atoms with Crippen molar-refractivity contribution >= 4 is 27.3 Å². The fourth-order valence-corrected chi connectivity index (χ4v) is 5.92. The maximum absolute atomic E-state index is 12.7. The molecule has 4 N–H and O–H groups in total. The number of carbonyl (C=O) groups excluding carboxylic acids is 1. The lowest BCUT2D eigenvalue weighted by Crippen LogP contribution is -2.53. The molecular weight excluding hydrogens is 492 g/mol. The third kappa shape index (κ3) is 5.37. The first-order valence-electron chi connectivity index (χ1n) is 11.8. The molecule has 0 saturated heterocycles. The Bertz CT molecular complexity index is 1360. The van der Waals surface area contributed by atoms with E-state index in [0.29, 0.717) is 19.3 Å². The van der Waals surface area contributed by atoms with Gasteiger partial charge in [0.25, 0.3) is 0 Å². The van der Waals surface area contributed by atoms with Gasteiger partial charge in [0.15, 0.2) is 0 Å². The zero-order valence-corrected chi connectivity index (χ0v) is 21.9. The van der Waals surface area contributed by atoms with Crippen LogP contribution in [-0.2, 0) is 14.8 Å². The van der Waals surface area contributed by atoms with Crippen LogP contribution in [0.2, 0.25) is 0 Å². The summed E-state index contributed by atoms with van der Waals surface area (Å²) in [7, 11) is -3.76. The van der Waals surface area contributed by atoms with Crippen LogP contribution in [0.4, 0.5) is 0 Å². The first-order valence-corrected chi connectivity index (χ1v) is 14.3. The maximum Gasteiger partial charge on any atom is 0.238 e. The van der Waals surface area contributed by atoms with Gasteiger partial charge in [0.2, 0.25) is 15.9 Å². The highest BCUT2D eigenvalue weighted by Gasteiger charge is 2.55. The van der Waals surface area contributed by atoms with Gasteiger partial charge >= 0.3 is 0 Å². The van der Waals surface area contributed by atoms with E-state index < -0.39 is 27.5 Å². The van der Waals surface area contributed by atoms with Gasteiger partial charge in [0.05, 0.1) is 23.0 Å². The van der Waals surface area contributed by atoms with Crippen molar-refractivity contribution in [2.45, 2.75) is 55.6 Å². The third-order valence-electron chi connectivity index (χ3n) is 6.66. The minimum atomic E-state index is -3.76. The van der Waals surface area contributed by atoms with E-state index in [1.165, 1.54) is 12.1 Å². The largest absolute Gasteiger partial charge is 0.368 e. The molecule has 2 atom stereocenters. The van der Waals surface area contributed by atoms with Crippen LogP contribution in [-0.4, -0.2) is 30.8 Å². The molecule has 0 bridgehead atoms. The smallest absolute Gasteiger partial charge is 0.238 e. The summed E-state index contributed by atoms with van der Waals surface area (Å²) in [4.78, 5) is 14.8. The minimum Gasteiger partial charge on any atom is -0.368 e. The number of carbonyl (C=O) groups is 1. The molecule has 1 aliphatic carbocycles. The van der Waals surface area contributed by atoms with Crippen LogP contribution in [0.15, 0.2) is 70.3 Å². The van der Waals surface area contributed by atoms with E-state index in [2.05, 4.69) is 25.3 Å². The summed E-state index contributed by atoms with van der Waals surface area (Å²) < 4.78 is 23.2. The van der Waals surface area contributed by atoms with E-state index in [1.807, 2.05) is 40.6 Å². The summed E-state index contributed by atoms with van der Waals surface area (Å²) in [6.45, 7) is 4.10. The van der Waals surface area contributed by atoms with Gasteiger partial charge in [-0.15, -0.1) is 0 Å². The Morgan fingerprint density at radius 1 is 1.06 bits per heavy atom. The molecule has 1 amide bonds. The second kappa shape index (κ2) is 10.1. The van der Waals surface area contributed by atoms with Crippen LogP contribution < -0.4 is 10.9 Å². The van der Waals surface area contributed by atoms with Gasteiger partial charge in [0.1, 0.15) is 5.54 Å². The van der Waals surface area contributed by atoms with Crippen molar-refractivity contribution in [2.75, 3.05) is 0 Å². The lowest BCUT2D eigenvalue weighted by atomic mass is 9.91. The number of amides is 1. The monoisotopic (exact) mass is 522 g/mol. The predicted octanol–water partition coefficient (Wildman–Crippen LogP) is 4.41. The molecule has 2 aromatic carbocycles. The lowest BCUT2D eigenvalue weighted by molar-refractivity contribution is -0.125. The molecule has 188 valence electrons. The molecule has 1 unspecified atom stereocenters. The first kappa shape index (κ1) is 26.0. The highest BCUT2D eigenvalue weighted by molar-refractivity contribution is 7.89. The first-order chi connectivity index (χ1) is 17.1. The molecule has 3 aromatic rings. The molecule has 7 nitrogen and oxygen atoms in total. The van der Waals surface area contributed by atoms with Gasteiger partial charge in [-0.3, -0.25) is 9.69 Å². The Labute approximate surface area is 216 Å². The number of primary amides is 1. The molecule has 0 aliphatic heterocycles. The number of rotatable bonds is 10. The van der Waals surface area contributed by atoms with Crippen LogP contribution >= 0.6 is 11.3 Å². The predicted molar refractivity (Wildman–Crippen MR) is 141 cm³/mol. The Morgan fingerprint density at radius 2 is 1.64 bits per heavy atom. The Balaban J connectivity index is 1.77. The molecule has 0 radical (unpaired) electrons. The molecule has 9 heteroatoms. The average molecular weight is 523 g/mol. The average Bonchev–Trinajstić information content (AvgIpc) is 3.45. The van der Waals surface area contributed by atoms with E-state index in [4.69, 9.17) is 10.9 Å². The van der Waals surface area contributed by atoms with Crippen LogP contribution in [0.1, 0.15) is 50.3 Å². The second-order valence-corrected chi connectivity index (χ2v) is 12.1. The standard InChI is InChI=1S/C27H30N4O3S2/c1-18(2)15-24(26(29)32)31(27(17-28)12-13-27)25(22-11-14-35-16-22)21-5-3-19(4-6-21)20-7-9-23(10-8-20)36(30,33)34/h3-11,14,16,18,24-25H,12-13,15H2,1-2H3,(H2,29,32)(H2,30,33,34)/t24-,25?/m0/s1. The van der Waals surface area contributed by atoms with Gasteiger partial charge < -0.3 is 5.73 Å². The summed E-state index contributed by atoms with van der Waals surface area (Å²) in [6.07, 6.45) is 1.95. The van der Waals surface area contributed by atoms with Crippen molar-refractivity contribution in [2.24, 2.45) is 16.8 Å². The van der Waals surface area contributed by atoms with Crippen molar-refractivity contribution in [1.29, 1.82) is 5.26 Å². The molecule has 0 spiro atoms. The maximum atomic E-state index is 12.7. The van der Waals surface area contributed by atoms with Crippen molar-refractivity contribution in [3.63, 3.8) is 0 Å². The number of primary sulfonamides is 1. The molecular formula is C27H30N4O3S2. The Morgan fingerprint density at radius 3 is 2.06 bits per heavy atom. The number of nitrogens with zero attached hydrogens (tertiary/aromatic N) is 2. The molecule has 1 fully saturated rings. The number of nitriles is 1. The number of sulfonamides is 1. The number of hydrogen-bond donors (Lipinski definition) is 2. The third-order valence-corrected chi connectivity index (χ3v) is 8.30. The van der Waals surface area contributed by atoms with Gasteiger partial charge in [-0.05, 0) is 76.4 Å². The summed E-state index contributed by atoms with van der Waals surface area (Å²) in [6, 6.07) is 18.0. The van der Waals surface area contributed by atoms with Crippen molar-refractivity contribution in [1.82, 2.24) is 4.90 Å². The van der Waals surface area contributed by atoms with Crippen LogP contribution in [0.25, 0.3) is 11.1 Å². The summed E-state index contributed by atoms with van der Waals surface area (Å²) in [5, 5.41) is 19.4. The summed E-state index contributed by atoms with van der Waals surface area (Å²) >= 11 is 1.57. The summed E-state index contributed by atoms with van der Waals surface area (Å²) in [5.74, 6) is -0.192.